The van der Waals surface area contributed by atoms with Gasteiger partial charge in [0.2, 0.25) is 0 Å². The van der Waals surface area contributed by atoms with Crippen LogP contribution in [0.1, 0.15) is 13.8 Å². The van der Waals surface area contributed by atoms with Crippen LogP contribution in [0.3, 0.4) is 0 Å². The van der Waals surface area contributed by atoms with Crippen LogP contribution < -0.4 is 20.2 Å². The second kappa shape index (κ2) is 10.4. The van der Waals surface area contributed by atoms with Crippen LogP contribution in [0.5, 0.6) is 5.75 Å². The molecule has 5 atom stereocenters. The lowest BCUT2D eigenvalue weighted by Crippen LogP contribution is -2.63. The Morgan fingerprint density at radius 3 is 2.26 bits per heavy atom. The lowest BCUT2D eigenvalue weighted by Gasteiger charge is -2.44. The van der Waals surface area contributed by atoms with Gasteiger partial charge in [0.15, 0.2) is 12.3 Å². The SMILES string of the molecule is C/C=c1/ccc(N(c2ccc(OC(F)(F)F)cc2)[C@@H]2O[C@H](C(=O)O)[C@@H](O)[C@H](O)[C@H]2O)n/c1=C(/C)Cl. The molecule has 0 unspecified atom stereocenters. The average Bonchev–Trinajstić information content (AvgIpc) is 2.78. The van der Waals surface area contributed by atoms with Gasteiger partial charge >= 0.3 is 12.3 Å². The van der Waals surface area contributed by atoms with E-state index in [0.29, 0.717) is 15.6 Å². The van der Waals surface area contributed by atoms with Crippen LogP contribution in [-0.2, 0) is 9.53 Å². The summed E-state index contributed by atoms with van der Waals surface area (Å²) in [7, 11) is 0. The molecule has 1 saturated heterocycles. The number of pyridine rings is 1. The molecule has 1 aliphatic rings. The van der Waals surface area contributed by atoms with Crippen molar-refractivity contribution in [2.24, 2.45) is 0 Å². The molecule has 2 heterocycles. The Morgan fingerprint density at radius 2 is 1.74 bits per heavy atom. The number of hydrogen-bond donors (Lipinski definition) is 4. The highest BCUT2D eigenvalue weighted by molar-refractivity contribution is 6.44. The van der Waals surface area contributed by atoms with Crippen LogP contribution in [0.2, 0.25) is 0 Å². The van der Waals surface area contributed by atoms with E-state index in [-0.39, 0.29) is 11.5 Å². The van der Waals surface area contributed by atoms with E-state index in [1.807, 2.05) is 0 Å². The lowest BCUT2D eigenvalue weighted by molar-refractivity contribution is -0.274. The summed E-state index contributed by atoms with van der Waals surface area (Å²) in [5.74, 6) is -2.07. The van der Waals surface area contributed by atoms with Gasteiger partial charge in [-0.15, -0.1) is 13.2 Å². The summed E-state index contributed by atoms with van der Waals surface area (Å²) in [5, 5.41) is 41.8. The van der Waals surface area contributed by atoms with Crippen molar-refractivity contribution in [1.29, 1.82) is 0 Å². The summed E-state index contributed by atoms with van der Waals surface area (Å²) < 4.78 is 47.1. The number of benzene rings is 1. The molecule has 0 aliphatic carbocycles. The fourth-order valence-electron chi connectivity index (χ4n) is 3.60. The third-order valence-electron chi connectivity index (χ3n) is 5.23. The van der Waals surface area contributed by atoms with Crippen LogP contribution in [-0.4, -0.2) is 68.4 Å². The zero-order chi connectivity index (χ0) is 26.1. The van der Waals surface area contributed by atoms with Crippen molar-refractivity contribution in [3.8, 4) is 5.75 Å². The molecule has 0 spiro atoms. The minimum Gasteiger partial charge on any atom is -0.479 e. The van der Waals surface area contributed by atoms with Gasteiger partial charge in [-0.1, -0.05) is 17.7 Å². The maximum absolute atomic E-state index is 12.6. The third-order valence-corrected chi connectivity index (χ3v) is 5.41. The number of hydrogen-bond acceptors (Lipinski definition) is 8. The largest absolute Gasteiger partial charge is 0.573 e. The smallest absolute Gasteiger partial charge is 0.479 e. The molecular weight excluding hydrogens is 497 g/mol. The number of carbonyl (C=O) groups is 1. The van der Waals surface area contributed by atoms with Crippen molar-refractivity contribution in [2.75, 3.05) is 4.90 Å². The highest BCUT2D eigenvalue weighted by Crippen LogP contribution is 2.34. The summed E-state index contributed by atoms with van der Waals surface area (Å²) in [5.41, 5.74) is 0.107. The van der Waals surface area contributed by atoms with E-state index in [4.69, 9.17) is 16.3 Å². The second-order valence-corrected chi connectivity index (χ2v) is 8.17. The highest BCUT2D eigenvalue weighted by Gasteiger charge is 2.49. The van der Waals surface area contributed by atoms with Crippen LogP contribution in [0.15, 0.2) is 36.4 Å². The monoisotopic (exact) mass is 518 g/mol. The predicted octanol–water partition coefficient (Wildman–Crippen LogP) is 1.18. The molecule has 13 heteroatoms. The van der Waals surface area contributed by atoms with Gasteiger partial charge in [0.1, 0.15) is 29.9 Å². The molecule has 35 heavy (non-hydrogen) atoms. The van der Waals surface area contributed by atoms with Crippen molar-refractivity contribution >= 4 is 40.2 Å². The van der Waals surface area contributed by atoms with Gasteiger partial charge < -0.3 is 29.9 Å². The first-order valence-corrected chi connectivity index (χ1v) is 10.6. The van der Waals surface area contributed by atoms with Crippen molar-refractivity contribution in [2.45, 2.75) is 50.9 Å². The number of halogens is 4. The van der Waals surface area contributed by atoms with Gasteiger partial charge in [0.05, 0.1) is 5.35 Å². The van der Waals surface area contributed by atoms with Gasteiger partial charge in [0, 0.05) is 10.7 Å². The quantitative estimate of drug-likeness (QED) is 0.460. The first kappa shape index (κ1) is 26.7. The van der Waals surface area contributed by atoms with Crippen molar-refractivity contribution in [1.82, 2.24) is 4.98 Å². The van der Waals surface area contributed by atoms with Crippen LogP contribution in [0.25, 0.3) is 11.1 Å². The Labute approximate surface area is 201 Å². The Hall–Kier alpha value is -2.90. The molecule has 0 bridgehead atoms. The fourth-order valence-corrected chi connectivity index (χ4v) is 3.75. The van der Waals surface area contributed by atoms with E-state index in [0.717, 1.165) is 12.1 Å². The standard InChI is InChI=1S/C22H22ClF3N2O7/c1-3-11-4-9-14(27-15(11)10(2)23)28(12-5-7-13(8-6-12)35-22(24,25)26)20-18(31)16(29)17(30)19(34-20)21(32)33/h3-9,16-20,29-31H,1-2H3,(H,32,33)/b11-3-,15-10-/t16-,17-,18+,19-,20+/m0/s1. The van der Waals surface area contributed by atoms with Gasteiger partial charge in [-0.05, 0) is 55.5 Å². The molecule has 3 rings (SSSR count). The predicted molar refractivity (Wildman–Crippen MR) is 118 cm³/mol. The number of nitrogens with zero attached hydrogens (tertiary/aromatic N) is 2. The zero-order valence-corrected chi connectivity index (χ0v) is 19.1. The number of alkyl halides is 3. The number of aliphatic carboxylic acids is 1. The van der Waals surface area contributed by atoms with E-state index >= 15 is 0 Å². The number of carboxylic acid groups (broad SMARTS) is 1. The van der Waals surface area contributed by atoms with Crippen molar-refractivity contribution in [3.05, 3.63) is 47.0 Å². The highest BCUT2D eigenvalue weighted by atomic mass is 35.5. The Kier molecular flexibility index (Phi) is 7.92. The molecule has 0 amide bonds. The average molecular weight is 519 g/mol. The van der Waals surface area contributed by atoms with Crippen LogP contribution in [0.4, 0.5) is 24.7 Å². The molecule has 2 aromatic rings. The topological polar surface area (TPSA) is 133 Å². The number of aliphatic hydroxyl groups excluding tert-OH is 3. The van der Waals surface area contributed by atoms with E-state index in [9.17, 15) is 38.4 Å². The normalized spacial score (nSPS) is 26.3. The Balaban J connectivity index is 2.18. The van der Waals surface area contributed by atoms with Crippen molar-refractivity contribution < 1.29 is 47.9 Å². The van der Waals surface area contributed by atoms with Gasteiger partial charge in [-0.3, -0.25) is 4.90 Å². The number of ether oxygens (including phenoxy) is 2. The van der Waals surface area contributed by atoms with Gasteiger partial charge in [-0.2, -0.15) is 0 Å². The second-order valence-electron chi connectivity index (χ2n) is 7.60. The zero-order valence-electron chi connectivity index (χ0n) is 18.3. The van der Waals surface area contributed by atoms with E-state index in [2.05, 4.69) is 9.72 Å². The minimum absolute atomic E-state index is 0.0619. The molecule has 1 aromatic carbocycles. The Morgan fingerprint density at radius 1 is 1.11 bits per heavy atom. The summed E-state index contributed by atoms with van der Waals surface area (Å²) in [6.45, 7) is 3.33. The maximum atomic E-state index is 12.6. The van der Waals surface area contributed by atoms with E-state index in [1.165, 1.54) is 23.1 Å². The molecule has 1 aromatic heterocycles. The molecule has 1 aliphatic heterocycles. The summed E-state index contributed by atoms with van der Waals surface area (Å²) in [6.07, 6.45) is -12.4. The number of anilines is 2. The molecule has 0 radical (unpaired) electrons. The molecule has 1 fully saturated rings. The summed E-state index contributed by atoms with van der Waals surface area (Å²) >= 11 is 6.17. The van der Waals surface area contributed by atoms with Gasteiger partial charge in [-0.25, -0.2) is 9.78 Å². The van der Waals surface area contributed by atoms with Gasteiger partial charge in [0.25, 0.3) is 0 Å². The van der Waals surface area contributed by atoms with E-state index < -0.39 is 48.7 Å². The first-order chi connectivity index (χ1) is 16.3. The number of aromatic nitrogens is 1. The number of rotatable bonds is 5. The van der Waals surface area contributed by atoms with E-state index in [1.54, 1.807) is 26.0 Å². The molecule has 4 N–H and O–H groups in total. The summed E-state index contributed by atoms with van der Waals surface area (Å²) in [6, 6.07) is 7.51. The van der Waals surface area contributed by atoms with Crippen molar-refractivity contribution in [3.63, 3.8) is 0 Å². The summed E-state index contributed by atoms with van der Waals surface area (Å²) in [4.78, 5) is 17.2. The fraction of sp³-hybridized carbons (Fsp3) is 0.364. The maximum Gasteiger partial charge on any atom is 0.573 e. The minimum atomic E-state index is -4.92. The Bertz CT molecular complexity index is 1190. The number of carboxylic acids is 1. The molecule has 190 valence electrons. The number of aliphatic hydroxyl groups is 3. The van der Waals surface area contributed by atoms with Crippen LogP contribution >= 0.6 is 11.6 Å². The van der Waals surface area contributed by atoms with Crippen LogP contribution in [0, 0.1) is 0 Å². The first-order valence-electron chi connectivity index (χ1n) is 10.2. The molecule has 9 nitrogen and oxygen atoms in total. The molecule has 0 saturated carbocycles. The molecular formula is C22H22ClF3N2O7. The lowest BCUT2D eigenvalue weighted by atomic mass is 9.97. The third kappa shape index (κ3) is 5.85.